The van der Waals surface area contributed by atoms with Crippen LogP contribution in [0.15, 0.2) is 36.5 Å². The number of imide groups is 1. The number of carbonyl (C=O) groups excluding carboxylic acids is 4. The molecule has 0 spiro atoms. The quantitative estimate of drug-likeness (QED) is 0.634. The lowest BCUT2D eigenvalue weighted by Gasteiger charge is -2.40. The summed E-state index contributed by atoms with van der Waals surface area (Å²) in [5.74, 6) is -1.66. The molecule has 1 saturated heterocycles. The SMILES string of the molecule is O=C1CCC(N2Cc3cc(C(=O)N[C@H](c4ccc(Cl)cn4)C4(F)CCC4)ccc3C2=O)C(=O)N1. The number of piperidine rings is 1. The van der Waals surface area contributed by atoms with Crippen LogP contribution < -0.4 is 10.6 Å². The maximum Gasteiger partial charge on any atom is 0.255 e. The number of carbonyl (C=O) groups is 4. The molecule has 3 heterocycles. The number of halogens is 2. The normalized spacial score (nSPS) is 22.0. The number of fused-ring (bicyclic) bond motifs is 1. The van der Waals surface area contributed by atoms with Crippen LogP contribution in [0.3, 0.4) is 0 Å². The van der Waals surface area contributed by atoms with Gasteiger partial charge in [0, 0.05) is 30.3 Å². The van der Waals surface area contributed by atoms with Gasteiger partial charge < -0.3 is 10.2 Å². The molecule has 176 valence electrons. The molecule has 5 rings (SSSR count). The number of rotatable bonds is 5. The van der Waals surface area contributed by atoms with Crippen LogP contribution in [-0.2, 0) is 16.1 Å². The number of nitrogens with one attached hydrogen (secondary N) is 2. The highest BCUT2D eigenvalue weighted by Gasteiger charge is 2.47. The summed E-state index contributed by atoms with van der Waals surface area (Å²) in [4.78, 5) is 55.3. The van der Waals surface area contributed by atoms with E-state index >= 15 is 4.39 Å². The first-order chi connectivity index (χ1) is 16.2. The molecule has 10 heteroatoms. The Balaban J connectivity index is 1.36. The molecule has 0 bridgehead atoms. The average Bonchev–Trinajstić information content (AvgIpc) is 3.12. The van der Waals surface area contributed by atoms with Crippen LogP contribution in [0.2, 0.25) is 5.02 Å². The third-order valence-electron chi connectivity index (χ3n) is 6.81. The van der Waals surface area contributed by atoms with Gasteiger partial charge in [0.25, 0.3) is 11.8 Å². The minimum absolute atomic E-state index is 0.150. The van der Waals surface area contributed by atoms with Crippen LogP contribution in [0.1, 0.15) is 70.1 Å². The molecule has 8 nitrogen and oxygen atoms in total. The van der Waals surface area contributed by atoms with Crippen LogP contribution in [0.5, 0.6) is 0 Å². The van der Waals surface area contributed by atoms with Crippen LogP contribution in [-0.4, -0.2) is 45.2 Å². The first-order valence-corrected chi connectivity index (χ1v) is 11.5. The number of hydrogen-bond acceptors (Lipinski definition) is 5. The Morgan fingerprint density at radius 3 is 2.68 bits per heavy atom. The molecule has 1 saturated carbocycles. The minimum atomic E-state index is -1.59. The molecular formula is C24H22ClFN4O4. The number of aromatic nitrogens is 1. The molecule has 2 aromatic rings. The summed E-state index contributed by atoms with van der Waals surface area (Å²) in [5, 5.41) is 5.46. The van der Waals surface area contributed by atoms with Crippen molar-refractivity contribution in [3.8, 4) is 0 Å². The molecule has 2 fully saturated rings. The molecule has 1 unspecified atom stereocenters. The third-order valence-corrected chi connectivity index (χ3v) is 7.03. The fraction of sp³-hybridized carbons (Fsp3) is 0.375. The van der Waals surface area contributed by atoms with Gasteiger partial charge in [0.1, 0.15) is 17.8 Å². The van der Waals surface area contributed by atoms with Crippen molar-refractivity contribution in [2.75, 3.05) is 0 Å². The van der Waals surface area contributed by atoms with Gasteiger partial charge in [-0.25, -0.2) is 4.39 Å². The van der Waals surface area contributed by atoms with E-state index in [1.165, 1.54) is 17.2 Å². The van der Waals surface area contributed by atoms with Gasteiger partial charge in [-0.15, -0.1) is 0 Å². The molecular weight excluding hydrogens is 463 g/mol. The summed E-state index contributed by atoms with van der Waals surface area (Å²) in [7, 11) is 0. The highest BCUT2D eigenvalue weighted by molar-refractivity contribution is 6.30. The fourth-order valence-electron chi connectivity index (χ4n) is 4.76. The van der Waals surface area contributed by atoms with Gasteiger partial charge >= 0.3 is 0 Å². The highest BCUT2D eigenvalue weighted by Crippen LogP contribution is 2.45. The van der Waals surface area contributed by atoms with Gasteiger partial charge in [0.15, 0.2) is 0 Å². The first kappa shape index (κ1) is 22.5. The van der Waals surface area contributed by atoms with Gasteiger partial charge in [0.2, 0.25) is 11.8 Å². The van der Waals surface area contributed by atoms with Crippen molar-refractivity contribution in [1.82, 2.24) is 20.5 Å². The van der Waals surface area contributed by atoms with Gasteiger partial charge in [-0.05, 0) is 61.6 Å². The van der Waals surface area contributed by atoms with Crippen LogP contribution >= 0.6 is 11.6 Å². The van der Waals surface area contributed by atoms with Gasteiger partial charge in [-0.1, -0.05) is 11.6 Å². The molecule has 34 heavy (non-hydrogen) atoms. The molecule has 1 aromatic heterocycles. The predicted octanol–water partition coefficient (Wildman–Crippen LogP) is 2.86. The topological polar surface area (TPSA) is 108 Å². The van der Waals surface area contributed by atoms with Crippen molar-refractivity contribution >= 4 is 35.2 Å². The Bertz CT molecular complexity index is 1200. The smallest absolute Gasteiger partial charge is 0.255 e. The lowest BCUT2D eigenvalue weighted by atomic mass is 9.75. The summed E-state index contributed by atoms with van der Waals surface area (Å²) in [5.41, 5.74) is 0.0744. The summed E-state index contributed by atoms with van der Waals surface area (Å²) >= 11 is 5.91. The van der Waals surface area contributed by atoms with E-state index in [0.29, 0.717) is 34.7 Å². The fourth-order valence-corrected chi connectivity index (χ4v) is 4.87. The number of amides is 4. The van der Waals surface area contributed by atoms with Gasteiger partial charge in [0.05, 0.1) is 10.7 Å². The Morgan fingerprint density at radius 1 is 1.24 bits per heavy atom. The lowest BCUT2D eigenvalue weighted by molar-refractivity contribution is -0.136. The average molecular weight is 485 g/mol. The third kappa shape index (κ3) is 3.94. The second-order valence-corrected chi connectivity index (χ2v) is 9.40. The minimum Gasteiger partial charge on any atom is -0.340 e. The van der Waals surface area contributed by atoms with Crippen molar-refractivity contribution in [3.63, 3.8) is 0 Å². The van der Waals surface area contributed by atoms with E-state index in [4.69, 9.17) is 11.6 Å². The standard InChI is InChI=1S/C24H22ClFN4O4/c25-15-3-5-17(27-11-15)20(24(26)8-1-9-24)29-21(32)13-2-4-16-14(10-13)12-30(23(16)34)18-6-7-19(31)28-22(18)33/h2-5,10-11,18,20H,1,6-9,12H2,(H,29,32)(H,28,31,33)/t18?,20-/m1/s1. The number of hydrogen-bond donors (Lipinski definition) is 2. The van der Waals surface area contributed by atoms with Crippen molar-refractivity contribution in [3.05, 3.63) is 63.9 Å². The monoisotopic (exact) mass is 484 g/mol. The Morgan fingerprint density at radius 2 is 2.03 bits per heavy atom. The van der Waals surface area contributed by atoms with E-state index in [1.54, 1.807) is 24.3 Å². The van der Waals surface area contributed by atoms with Crippen molar-refractivity contribution < 1.29 is 23.6 Å². The van der Waals surface area contributed by atoms with Crippen molar-refractivity contribution in [2.24, 2.45) is 0 Å². The predicted molar refractivity (Wildman–Crippen MR) is 120 cm³/mol. The molecule has 2 N–H and O–H groups in total. The van der Waals surface area contributed by atoms with E-state index < -0.39 is 29.6 Å². The summed E-state index contributed by atoms with van der Waals surface area (Å²) in [6.07, 6.45) is 3.21. The van der Waals surface area contributed by atoms with Crippen LogP contribution in [0, 0.1) is 0 Å². The zero-order valence-electron chi connectivity index (χ0n) is 18.1. The molecule has 3 aliphatic rings. The lowest BCUT2D eigenvalue weighted by Crippen LogP contribution is -2.52. The second-order valence-electron chi connectivity index (χ2n) is 8.97. The van der Waals surface area contributed by atoms with Crippen molar-refractivity contribution in [1.29, 1.82) is 0 Å². The van der Waals surface area contributed by atoms with E-state index in [2.05, 4.69) is 15.6 Å². The number of pyridine rings is 1. The highest BCUT2D eigenvalue weighted by atomic mass is 35.5. The van der Waals surface area contributed by atoms with E-state index in [-0.39, 0.29) is 36.8 Å². The van der Waals surface area contributed by atoms with Crippen molar-refractivity contribution in [2.45, 2.75) is 56.4 Å². The number of nitrogens with zero attached hydrogens (tertiary/aromatic N) is 2. The molecule has 1 aromatic carbocycles. The number of benzene rings is 1. The maximum absolute atomic E-state index is 15.4. The van der Waals surface area contributed by atoms with Crippen LogP contribution in [0.4, 0.5) is 4.39 Å². The summed E-state index contributed by atoms with van der Waals surface area (Å²) < 4.78 is 15.4. The summed E-state index contributed by atoms with van der Waals surface area (Å²) in [6.45, 7) is 0.150. The largest absolute Gasteiger partial charge is 0.340 e. The molecule has 4 amide bonds. The summed E-state index contributed by atoms with van der Waals surface area (Å²) in [6, 6.07) is 6.19. The van der Waals surface area contributed by atoms with E-state index in [1.807, 2.05) is 0 Å². The van der Waals surface area contributed by atoms with Crippen LogP contribution in [0.25, 0.3) is 0 Å². The van der Waals surface area contributed by atoms with Gasteiger partial charge in [-0.3, -0.25) is 29.5 Å². The molecule has 1 aliphatic carbocycles. The van der Waals surface area contributed by atoms with Gasteiger partial charge in [-0.2, -0.15) is 0 Å². The Labute approximate surface area is 199 Å². The zero-order chi connectivity index (χ0) is 24.0. The number of alkyl halides is 1. The Kier molecular flexibility index (Phi) is 5.59. The maximum atomic E-state index is 15.4. The van der Waals surface area contributed by atoms with E-state index in [0.717, 1.165) is 6.42 Å². The second kappa shape index (κ2) is 8.47. The van der Waals surface area contributed by atoms with E-state index in [9.17, 15) is 19.2 Å². The molecule has 2 atom stereocenters. The first-order valence-electron chi connectivity index (χ1n) is 11.1. The Hall–Kier alpha value is -3.33. The molecule has 2 aliphatic heterocycles. The molecule has 0 radical (unpaired) electrons. The zero-order valence-corrected chi connectivity index (χ0v) is 18.9.